The van der Waals surface area contributed by atoms with Crippen molar-refractivity contribution in [2.45, 2.75) is 26.7 Å². The van der Waals surface area contributed by atoms with Crippen molar-refractivity contribution in [1.82, 2.24) is 0 Å². The second kappa shape index (κ2) is 4.08. The molecule has 13 heavy (non-hydrogen) atoms. The van der Waals surface area contributed by atoms with Crippen LogP contribution in [-0.4, -0.2) is 10.9 Å². The molecule has 0 radical (unpaired) electrons. The Kier molecular flexibility index (Phi) is 3.07. The monoisotopic (exact) mass is 177 g/mol. The van der Waals surface area contributed by atoms with Gasteiger partial charge in [0.15, 0.2) is 0 Å². The third-order valence-corrected chi connectivity index (χ3v) is 2.33. The van der Waals surface area contributed by atoms with Crippen LogP contribution >= 0.6 is 0 Å². The molecule has 0 amide bonds. The van der Waals surface area contributed by atoms with Crippen LogP contribution in [0, 0.1) is 6.92 Å². The molecule has 0 heterocycles. The van der Waals surface area contributed by atoms with Gasteiger partial charge in [-0.3, -0.25) is 0 Å². The fourth-order valence-electron chi connectivity index (χ4n) is 1.27. The van der Waals surface area contributed by atoms with Crippen molar-refractivity contribution in [1.29, 1.82) is 0 Å². The first-order chi connectivity index (χ1) is 6.15. The molecule has 0 saturated heterocycles. The first-order valence-corrected chi connectivity index (χ1v) is 4.40. The van der Waals surface area contributed by atoms with Gasteiger partial charge in [-0.05, 0) is 19.4 Å². The normalized spacial score (nSPS) is 14.2. The van der Waals surface area contributed by atoms with E-state index in [1.807, 2.05) is 26.0 Å². The Balaban J connectivity index is 2.95. The second-order valence-electron chi connectivity index (χ2n) is 3.38. The highest BCUT2D eigenvalue weighted by Crippen LogP contribution is 2.17. The average Bonchev–Trinajstić information content (AvgIpc) is 2.15. The molecule has 1 rings (SSSR count). The number of aryl methyl sites for hydroxylation is 1. The Morgan fingerprint density at radius 3 is 2.69 bits per heavy atom. The Labute approximate surface area is 78.9 Å². The summed E-state index contributed by atoms with van der Waals surface area (Å²) in [4.78, 5) is 0. The van der Waals surface area contributed by atoms with E-state index in [1.165, 1.54) is 11.1 Å². The van der Waals surface area contributed by atoms with Crippen LogP contribution in [0.25, 0.3) is 0 Å². The van der Waals surface area contributed by atoms with Crippen molar-refractivity contribution < 1.29 is 5.21 Å². The highest BCUT2D eigenvalue weighted by atomic mass is 16.4. The van der Waals surface area contributed by atoms with E-state index in [1.54, 1.807) is 0 Å². The molecule has 0 saturated carbocycles. The lowest BCUT2D eigenvalue weighted by Crippen LogP contribution is -2.04. The summed E-state index contributed by atoms with van der Waals surface area (Å²) in [5, 5.41) is 11.8. The second-order valence-corrected chi connectivity index (χ2v) is 3.38. The Morgan fingerprint density at radius 2 is 2.15 bits per heavy atom. The van der Waals surface area contributed by atoms with E-state index in [0.29, 0.717) is 0 Å². The largest absolute Gasteiger partial charge is 0.411 e. The fraction of sp³-hybridized carbons (Fsp3) is 0.364. The van der Waals surface area contributed by atoms with Gasteiger partial charge in [-0.15, -0.1) is 0 Å². The van der Waals surface area contributed by atoms with Crippen LogP contribution in [0.2, 0.25) is 0 Å². The van der Waals surface area contributed by atoms with Crippen molar-refractivity contribution in [2.24, 2.45) is 5.16 Å². The fourth-order valence-corrected chi connectivity index (χ4v) is 1.27. The molecule has 0 aliphatic rings. The van der Waals surface area contributed by atoms with Crippen LogP contribution in [0.3, 0.4) is 0 Å². The molecule has 1 aromatic carbocycles. The number of nitrogens with zero attached hydrogens (tertiary/aromatic N) is 1. The molecule has 0 fully saturated rings. The van der Waals surface area contributed by atoms with Gasteiger partial charge in [0.1, 0.15) is 0 Å². The first kappa shape index (κ1) is 9.78. The smallest absolute Gasteiger partial charge is 0.0611 e. The van der Waals surface area contributed by atoms with Crippen LogP contribution in [0.15, 0.2) is 29.4 Å². The summed E-state index contributed by atoms with van der Waals surface area (Å²) < 4.78 is 0. The summed E-state index contributed by atoms with van der Waals surface area (Å²) in [6.07, 6.45) is 0. The van der Waals surface area contributed by atoms with Gasteiger partial charge in [-0.25, -0.2) is 0 Å². The van der Waals surface area contributed by atoms with Gasteiger partial charge in [0.2, 0.25) is 0 Å². The van der Waals surface area contributed by atoms with Crippen LogP contribution in [0.1, 0.15) is 30.9 Å². The van der Waals surface area contributed by atoms with Crippen molar-refractivity contribution in [3.8, 4) is 0 Å². The molecule has 0 aliphatic carbocycles. The number of oxime groups is 1. The van der Waals surface area contributed by atoms with Crippen LogP contribution in [-0.2, 0) is 0 Å². The number of hydrogen-bond donors (Lipinski definition) is 1. The maximum atomic E-state index is 8.62. The van der Waals surface area contributed by atoms with Gasteiger partial charge in [0.05, 0.1) is 5.71 Å². The molecule has 0 spiro atoms. The lowest BCUT2D eigenvalue weighted by Gasteiger charge is -2.10. The van der Waals surface area contributed by atoms with Gasteiger partial charge < -0.3 is 5.21 Å². The molecule has 1 aromatic rings. The van der Waals surface area contributed by atoms with E-state index >= 15 is 0 Å². The number of benzene rings is 1. The van der Waals surface area contributed by atoms with E-state index in [9.17, 15) is 0 Å². The standard InChI is InChI=1S/C11H15NO/c1-8-5-4-6-11(7-8)9(2)10(3)12-13/h4-7,9,13H,1-3H3/b12-10+. The molecule has 1 N–H and O–H groups in total. The number of rotatable bonds is 2. The van der Waals surface area contributed by atoms with Gasteiger partial charge >= 0.3 is 0 Å². The third kappa shape index (κ3) is 2.31. The van der Waals surface area contributed by atoms with E-state index in [0.717, 1.165) is 5.71 Å². The maximum Gasteiger partial charge on any atom is 0.0611 e. The van der Waals surface area contributed by atoms with Crippen molar-refractivity contribution in [3.05, 3.63) is 35.4 Å². The van der Waals surface area contributed by atoms with Crippen LogP contribution < -0.4 is 0 Å². The van der Waals surface area contributed by atoms with Crippen molar-refractivity contribution >= 4 is 5.71 Å². The minimum absolute atomic E-state index is 0.185. The maximum absolute atomic E-state index is 8.62. The molecular weight excluding hydrogens is 162 g/mol. The zero-order valence-electron chi connectivity index (χ0n) is 8.28. The molecule has 0 bridgehead atoms. The Morgan fingerprint density at radius 1 is 1.46 bits per heavy atom. The summed E-state index contributed by atoms with van der Waals surface area (Å²) in [5.74, 6) is 0.185. The Hall–Kier alpha value is -1.31. The summed E-state index contributed by atoms with van der Waals surface area (Å²) >= 11 is 0. The highest BCUT2D eigenvalue weighted by molar-refractivity contribution is 5.87. The summed E-state index contributed by atoms with van der Waals surface area (Å²) in [5.41, 5.74) is 3.16. The first-order valence-electron chi connectivity index (χ1n) is 4.40. The van der Waals surface area contributed by atoms with Gasteiger partial charge in [-0.2, -0.15) is 0 Å². The van der Waals surface area contributed by atoms with E-state index in [2.05, 4.69) is 24.2 Å². The summed E-state index contributed by atoms with van der Waals surface area (Å²) in [6.45, 7) is 5.92. The molecule has 70 valence electrons. The lowest BCUT2D eigenvalue weighted by molar-refractivity contribution is 0.316. The van der Waals surface area contributed by atoms with Crippen LogP contribution in [0.5, 0.6) is 0 Å². The topological polar surface area (TPSA) is 32.6 Å². The summed E-state index contributed by atoms with van der Waals surface area (Å²) in [6, 6.07) is 8.24. The van der Waals surface area contributed by atoms with Crippen LogP contribution in [0.4, 0.5) is 0 Å². The SMILES string of the molecule is C/C(=N\O)C(C)c1cccc(C)c1. The van der Waals surface area contributed by atoms with E-state index in [-0.39, 0.29) is 5.92 Å². The molecular formula is C11H15NO. The minimum atomic E-state index is 0.185. The molecule has 0 aromatic heterocycles. The van der Waals surface area contributed by atoms with Gasteiger partial charge in [0, 0.05) is 5.92 Å². The molecule has 1 unspecified atom stereocenters. The van der Waals surface area contributed by atoms with Crippen molar-refractivity contribution in [3.63, 3.8) is 0 Å². The number of hydrogen-bond acceptors (Lipinski definition) is 2. The average molecular weight is 177 g/mol. The lowest BCUT2D eigenvalue weighted by atomic mass is 9.96. The highest BCUT2D eigenvalue weighted by Gasteiger charge is 2.08. The zero-order valence-corrected chi connectivity index (χ0v) is 8.28. The van der Waals surface area contributed by atoms with Gasteiger partial charge in [-0.1, -0.05) is 41.9 Å². The van der Waals surface area contributed by atoms with Crippen molar-refractivity contribution in [2.75, 3.05) is 0 Å². The molecule has 2 nitrogen and oxygen atoms in total. The zero-order chi connectivity index (χ0) is 9.84. The van der Waals surface area contributed by atoms with Gasteiger partial charge in [0.25, 0.3) is 0 Å². The van der Waals surface area contributed by atoms with E-state index in [4.69, 9.17) is 5.21 Å². The Bertz CT molecular complexity index is 318. The molecule has 0 aliphatic heterocycles. The minimum Gasteiger partial charge on any atom is -0.411 e. The predicted octanol–water partition coefficient (Wildman–Crippen LogP) is 2.95. The molecule has 1 atom stereocenters. The van der Waals surface area contributed by atoms with E-state index < -0.39 is 0 Å². The quantitative estimate of drug-likeness (QED) is 0.420. The third-order valence-electron chi connectivity index (χ3n) is 2.33. The summed E-state index contributed by atoms with van der Waals surface area (Å²) in [7, 11) is 0. The molecule has 2 heteroatoms. The predicted molar refractivity (Wildman–Crippen MR) is 54.5 cm³/mol.